The van der Waals surface area contributed by atoms with Crippen molar-refractivity contribution in [2.24, 2.45) is 0 Å². The predicted molar refractivity (Wildman–Crippen MR) is 125 cm³/mol. The van der Waals surface area contributed by atoms with Crippen LogP contribution in [0.5, 0.6) is 0 Å². The van der Waals surface area contributed by atoms with E-state index in [0.29, 0.717) is 5.01 Å². The highest BCUT2D eigenvalue weighted by molar-refractivity contribution is 5.98. The second-order valence-corrected chi connectivity index (χ2v) is 7.74. The van der Waals surface area contributed by atoms with Crippen LogP contribution in [-0.4, -0.2) is 52.2 Å². The van der Waals surface area contributed by atoms with E-state index in [9.17, 15) is 33.5 Å². The maximum Gasteiger partial charge on any atom is 0.305 e. The molecule has 0 aliphatic rings. The molecule has 1 aromatic heterocycles. The molecular formula is C24H28FN3O7. The molecular weight excluding hydrogens is 461 g/mol. The van der Waals surface area contributed by atoms with Gasteiger partial charge < -0.3 is 15.2 Å². The van der Waals surface area contributed by atoms with E-state index < -0.39 is 54.4 Å². The minimum Gasteiger partial charge on any atom is -0.481 e. The van der Waals surface area contributed by atoms with Gasteiger partial charge in [0.05, 0.1) is 25.6 Å². The Morgan fingerprint density at radius 3 is 2.40 bits per heavy atom. The molecule has 2 atom stereocenters. The first kappa shape index (κ1) is 27.4. The van der Waals surface area contributed by atoms with Gasteiger partial charge in [-0.1, -0.05) is 37.3 Å². The third-order valence-corrected chi connectivity index (χ3v) is 5.02. The second kappa shape index (κ2) is 13.1. The molecule has 11 heteroatoms. The van der Waals surface area contributed by atoms with E-state index in [0.717, 1.165) is 16.4 Å². The number of amides is 2. The number of benzene rings is 1. The van der Waals surface area contributed by atoms with Crippen molar-refractivity contribution in [1.82, 2.24) is 4.68 Å². The van der Waals surface area contributed by atoms with E-state index in [2.05, 4.69) is 5.32 Å². The van der Waals surface area contributed by atoms with Crippen LogP contribution in [0.15, 0.2) is 53.5 Å². The van der Waals surface area contributed by atoms with Crippen LogP contribution in [0.1, 0.15) is 38.7 Å². The highest BCUT2D eigenvalue weighted by Crippen LogP contribution is 2.13. The number of nitrogens with one attached hydrogen (secondary N) is 1. The highest BCUT2D eigenvalue weighted by atomic mass is 19.1. The van der Waals surface area contributed by atoms with Gasteiger partial charge in [-0.15, -0.1) is 0 Å². The molecule has 10 nitrogen and oxygen atoms in total. The number of rotatable bonds is 13. The maximum absolute atomic E-state index is 13.3. The van der Waals surface area contributed by atoms with E-state index >= 15 is 0 Å². The SMILES string of the molecule is CCC(=O)Nc1cccn(N(C(=O)C[C@H](C)OCc2ccccc2)[C@H](CC(=O)O)C(=O)CF)c1=O. The number of aliphatic carboxylic acids is 1. The summed E-state index contributed by atoms with van der Waals surface area (Å²) >= 11 is 0. The quantitative estimate of drug-likeness (QED) is 0.440. The van der Waals surface area contributed by atoms with Gasteiger partial charge in [-0.2, -0.15) is 0 Å². The van der Waals surface area contributed by atoms with E-state index in [1.807, 2.05) is 30.3 Å². The third-order valence-electron chi connectivity index (χ3n) is 5.02. The summed E-state index contributed by atoms with van der Waals surface area (Å²) in [4.78, 5) is 61.9. The number of aromatic nitrogens is 1. The summed E-state index contributed by atoms with van der Waals surface area (Å²) in [7, 11) is 0. The number of hydrogen-bond acceptors (Lipinski definition) is 6. The highest BCUT2D eigenvalue weighted by Gasteiger charge is 2.34. The Kier molecular flexibility index (Phi) is 10.3. The fraction of sp³-hybridized carbons (Fsp3) is 0.375. The standard InChI is InChI=1S/C24H28FN3O7/c1-3-21(30)26-18-10-7-11-27(24(18)34)28(19(13-23(32)33)20(29)14-25)22(31)12-16(2)35-15-17-8-5-4-6-9-17/h4-11,16,19H,3,12-15H2,1-2H3,(H,26,30)(H,32,33)/t16-,19+/m0/s1. The number of halogens is 1. The monoisotopic (exact) mass is 489 g/mol. The smallest absolute Gasteiger partial charge is 0.305 e. The van der Waals surface area contributed by atoms with Crippen LogP contribution in [0, 0.1) is 0 Å². The van der Waals surface area contributed by atoms with Gasteiger partial charge in [0.1, 0.15) is 18.4 Å². The summed E-state index contributed by atoms with van der Waals surface area (Å²) in [6, 6.07) is 10.00. The first-order valence-electron chi connectivity index (χ1n) is 11.0. The molecule has 2 N–H and O–H groups in total. The van der Waals surface area contributed by atoms with Gasteiger partial charge in [-0.3, -0.25) is 24.0 Å². The molecule has 35 heavy (non-hydrogen) atoms. The summed E-state index contributed by atoms with van der Waals surface area (Å²) in [5.41, 5.74) is -0.217. The van der Waals surface area contributed by atoms with Crippen molar-refractivity contribution >= 4 is 29.3 Å². The van der Waals surface area contributed by atoms with Crippen LogP contribution < -0.4 is 15.9 Å². The van der Waals surface area contributed by atoms with Crippen LogP contribution in [0.3, 0.4) is 0 Å². The Morgan fingerprint density at radius 1 is 1.11 bits per heavy atom. The zero-order valence-electron chi connectivity index (χ0n) is 19.5. The number of carboxylic acids is 1. The minimum atomic E-state index is -1.79. The van der Waals surface area contributed by atoms with E-state index in [1.165, 1.54) is 12.1 Å². The Hall–Kier alpha value is -3.86. The molecule has 0 spiro atoms. The van der Waals surface area contributed by atoms with Crippen molar-refractivity contribution in [2.45, 2.75) is 51.9 Å². The summed E-state index contributed by atoms with van der Waals surface area (Å²) in [5, 5.41) is 12.3. The van der Waals surface area contributed by atoms with Gasteiger partial charge in [0.15, 0.2) is 5.78 Å². The van der Waals surface area contributed by atoms with Crippen LogP contribution in [-0.2, 0) is 30.5 Å². The Bertz CT molecular complexity index is 1100. The number of carbonyl (C=O) groups excluding carboxylic acids is 3. The van der Waals surface area contributed by atoms with E-state index in [1.54, 1.807) is 13.8 Å². The fourth-order valence-electron chi connectivity index (χ4n) is 3.23. The van der Waals surface area contributed by atoms with Crippen molar-refractivity contribution in [3.05, 3.63) is 64.6 Å². The molecule has 0 fully saturated rings. The summed E-state index contributed by atoms with van der Waals surface area (Å²) in [6.07, 6.45) is -0.728. The number of pyridine rings is 1. The van der Waals surface area contributed by atoms with Crippen molar-refractivity contribution < 1.29 is 33.4 Å². The molecule has 0 aliphatic heterocycles. The number of ketones is 1. The average molecular weight is 490 g/mol. The summed E-state index contributed by atoms with van der Waals surface area (Å²) in [5.74, 6) is -3.96. The van der Waals surface area contributed by atoms with Crippen LogP contribution >= 0.6 is 0 Å². The van der Waals surface area contributed by atoms with Crippen molar-refractivity contribution in [3.63, 3.8) is 0 Å². The molecule has 1 aromatic carbocycles. The Balaban J connectivity index is 2.40. The van der Waals surface area contributed by atoms with E-state index in [-0.39, 0.29) is 25.1 Å². The Morgan fingerprint density at radius 2 is 1.80 bits per heavy atom. The molecule has 1 heterocycles. The number of nitrogens with zero attached hydrogens (tertiary/aromatic N) is 2. The number of alkyl halides is 1. The molecule has 0 saturated heterocycles. The summed E-state index contributed by atoms with van der Waals surface area (Å²) < 4.78 is 19.8. The lowest BCUT2D eigenvalue weighted by Gasteiger charge is -2.31. The summed E-state index contributed by atoms with van der Waals surface area (Å²) in [6.45, 7) is 1.83. The average Bonchev–Trinajstić information content (AvgIpc) is 2.84. The molecule has 2 amide bonds. The maximum atomic E-state index is 13.3. The number of ether oxygens (including phenoxy) is 1. The number of carbonyl (C=O) groups is 4. The van der Waals surface area contributed by atoms with Gasteiger partial charge >= 0.3 is 5.97 Å². The lowest BCUT2D eigenvalue weighted by Crippen LogP contribution is -2.57. The van der Waals surface area contributed by atoms with Crippen LogP contribution in [0.2, 0.25) is 0 Å². The van der Waals surface area contributed by atoms with Gasteiger partial charge in [0.25, 0.3) is 5.56 Å². The molecule has 0 bridgehead atoms. The molecule has 0 aliphatic carbocycles. The first-order chi connectivity index (χ1) is 16.7. The van der Waals surface area contributed by atoms with Crippen LogP contribution in [0.25, 0.3) is 0 Å². The van der Waals surface area contributed by atoms with Crippen molar-refractivity contribution in [1.29, 1.82) is 0 Å². The number of carboxylic acid groups (broad SMARTS) is 1. The molecule has 2 rings (SSSR count). The minimum absolute atomic E-state index is 0.0786. The van der Waals surface area contributed by atoms with Gasteiger partial charge in [-0.25, -0.2) is 14.1 Å². The largest absolute Gasteiger partial charge is 0.481 e. The van der Waals surface area contributed by atoms with E-state index in [4.69, 9.17) is 4.74 Å². The number of anilines is 1. The lowest BCUT2D eigenvalue weighted by molar-refractivity contribution is -0.140. The molecule has 2 aromatic rings. The number of hydrogen-bond donors (Lipinski definition) is 2. The van der Waals surface area contributed by atoms with Gasteiger partial charge in [0.2, 0.25) is 11.8 Å². The number of Topliss-reactive ketones (excluding diaryl/α,β-unsaturated/α-hetero) is 1. The molecule has 0 unspecified atom stereocenters. The van der Waals surface area contributed by atoms with Crippen molar-refractivity contribution in [3.8, 4) is 0 Å². The zero-order valence-corrected chi connectivity index (χ0v) is 19.5. The molecule has 0 radical (unpaired) electrons. The normalized spacial score (nSPS) is 12.4. The zero-order chi connectivity index (χ0) is 26.0. The second-order valence-electron chi connectivity index (χ2n) is 7.74. The van der Waals surface area contributed by atoms with Crippen molar-refractivity contribution in [2.75, 3.05) is 17.0 Å². The Labute approximate surface area is 201 Å². The fourth-order valence-corrected chi connectivity index (χ4v) is 3.23. The molecule has 0 saturated carbocycles. The topological polar surface area (TPSA) is 135 Å². The third kappa shape index (κ3) is 7.85. The predicted octanol–water partition coefficient (Wildman–Crippen LogP) is 2.04. The van der Waals surface area contributed by atoms with Gasteiger partial charge in [-0.05, 0) is 24.6 Å². The molecule has 188 valence electrons. The van der Waals surface area contributed by atoms with Gasteiger partial charge in [0, 0.05) is 12.6 Å². The lowest BCUT2D eigenvalue weighted by atomic mass is 10.1. The van der Waals surface area contributed by atoms with Crippen LogP contribution in [0.4, 0.5) is 10.1 Å². The first-order valence-corrected chi connectivity index (χ1v) is 11.0.